The highest BCUT2D eigenvalue weighted by Gasteiger charge is 2.41. The average molecular weight is 427 g/mol. The number of non-ortho nitro benzene ring substituents is 1. The van der Waals surface area contributed by atoms with Gasteiger partial charge in [-0.2, -0.15) is 0 Å². The molecule has 1 aliphatic rings. The fourth-order valence-electron chi connectivity index (χ4n) is 2.43. The number of nitrogens with zero attached hydrogens (tertiary/aromatic N) is 2. The molecule has 1 saturated heterocycles. The van der Waals surface area contributed by atoms with E-state index in [-0.39, 0.29) is 25.9 Å². The van der Waals surface area contributed by atoms with Crippen molar-refractivity contribution in [2.75, 3.05) is 0 Å². The predicted octanol–water partition coefficient (Wildman–Crippen LogP) is 4.03. The second kappa shape index (κ2) is 8.64. The van der Waals surface area contributed by atoms with Gasteiger partial charge in [-0.25, -0.2) is 4.79 Å². The van der Waals surface area contributed by atoms with Gasteiger partial charge in [0.25, 0.3) is 11.6 Å². The average Bonchev–Trinajstić information content (AvgIpc) is 2.82. The third-order valence-electron chi connectivity index (χ3n) is 3.66. The Morgan fingerprint density at radius 3 is 2.44 bits per heavy atom. The van der Waals surface area contributed by atoms with E-state index in [9.17, 15) is 24.8 Å². The standard InChI is InChI=1S/C17H15ClN2O5S2/c1-9(2)14(16(22)23)19-15(21)13(27-17(19)26)8-11(18)7-10-3-5-12(6-4-10)20(24)25/h3-9,14H,1-2H3,(H,22,23)/b11-7-,13-8+. The Labute approximate surface area is 169 Å². The number of nitro benzene ring substituents is 1. The Bertz CT molecular complexity index is 865. The first-order chi connectivity index (χ1) is 12.6. The van der Waals surface area contributed by atoms with E-state index in [1.165, 1.54) is 36.4 Å². The Morgan fingerprint density at radius 1 is 1.37 bits per heavy atom. The quantitative estimate of drug-likeness (QED) is 0.317. The first kappa shape index (κ1) is 21.1. The lowest BCUT2D eigenvalue weighted by molar-refractivity contribution is -0.384. The molecule has 142 valence electrons. The minimum Gasteiger partial charge on any atom is -0.480 e. The lowest BCUT2D eigenvalue weighted by atomic mass is 10.0. The molecule has 1 aromatic rings. The molecule has 0 aromatic heterocycles. The summed E-state index contributed by atoms with van der Waals surface area (Å²) in [6.45, 7) is 3.39. The van der Waals surface area contributed by atoms with E-state index in [1.54, 1.807) is 13.8 Å². The molecule has 2 rings (SSSR count). The summed E-state index contributed by atoms with van der Waals surface area (Å²) >= 11 is 12.3. The number of carbonyl (C=O) groups excluding carboxylic acids is 1. The van der Waals surface area contributed by atoms with Crippen LogP contribution in [-0.2, 0) is 9.59 Å². The Balaban J connectivity index is 2.25. The molecular weight excluding hydrogens is 412 g/mol. The van der Waals surface area contributed by atoms with Gasteiger partial charge < -0.3 is 5.11 Å². The van der Waals surface area contributed by atoms with Crippen LogP contribution in [0.5, 0.6) is 0 Å². The molecule has 0 radical (unpaired) electrons. The summed E-state index contributed by atoms with van der Waals surface area (Å²) < 4.78 is 0.159. The van der Waals surface area contributed by atoms with Gasteiger partial charge in [0.05, 0.1) is 9.83 Å². The van der Waals surface area contributed by atoms with Crippen LogP contribution in [0.3, 0.4) is 0 Å². The molecule has 10 heteroatoms. The molecule has 1 heterocycles. The minimum absolute atomic E-state index is 0.0439. The molecule has 0 spiro atoms. The Morgan fingerprint density at radius 2 is 1.96 bits per heavy atom. The maximum Gasteiger partial charge on any atom is 0.327 e. The van der Waals surface area contributed by atoms with Crippen molar-refractivity contribution in [3.05, 3.63) is 56.0 Å². The highest BCUT2D eigenvalue weighted by molar-refractivity contribution is 8.26. The second-order valence-corrected chi connectivity index (χ2v) is 8.07. The van der Waals surface area contributed by atoms with E-state index in [0.29, 0.717) is 5.56 Å². The van der Waals surface area contributed by atoms with Crippen molar-refractivity contribution in [1.29, 1.82) is 0 Å². The first-order valence-corrected chi connectivity index (χ1v) is 9.33. The number of nitro groups is 1. The Hall–Kier alpha value is -2.23. The van der Waals surface area contributed by atoms with Gasteiger partial charge in [0, 0.05) is 17.2 Å². The number of carboxylic acids is 1. The molecule has 1 aliphatic heterocycles. The van der Waals surface area contributed by atoms with Crippen LogP contribution in [-0.4, -0.2) is 37.2 Å². The topological polar surface area (TPSA) is 101 Å². The largest absolute Gasteiger partial charge is 0.480 e. The molecular formula is C17H15ClN2O5S2. The van der Waals surface area contributed by atoms with E-state index in [1.807, 2.05) is 0 Å². The molecule has 1 atom stereocenters. The molecule has 0 bridgehead atoms. The van der Waals surface area contributed by atoms with Crippen LogP contribution in [0.4, 0.5) is 5.69 Å². The van der Waals surface area contributed by atoms with Gasteiger partial charge in [0.1, 0.15) is 10.4 Å². The Kier molecular flexibility index (Phi) is 6.74. The molecule has 1 aromatic carbocycles. The number of hydrogen-bond acceptors (Lipinski definition) is 6. The van der Waals surface area contributed by atoms with Crippen LogP contribution in [0.25, 0.3) is 6.08 Å². The zero-order valence-corrected chi connectivity index (χ0v) is 16.7. The van der Waals surface area contributed by atoms with Crippen LogP contribution in [0.1, 0.15) is 19.4 Å². The van der Waals surface area contributed by atoms with E-state index < -0.39 is 22.8 Å². The van der Waals surface area contributed by atoms with E-state index in [2.05, 4.69) is 0 Å². The van der Waals surface area contributed by atoms with Crippen LogP contribution in [0, 0.1) is 16.0 Å². The van der Waals surface area contributed by atoms with E-state index in [0.717, 1.165) is 16.7 Å². The summed E-state index contributed by atoms with van der Waals surface area (Å²) in [5.41, 5.74) is 0.570. The zero-order chi connectivity index (χ0) is 20.3. The number of carboxylic acid groups (broad SMARTS) is 1. The number of hydrogen-bond donors (Lipinski definition) is 1. The number of benzene rings is 1. The smallest absolute Gasteiger partial charge is 0.327 e. The summed E-state index contributed by atoms with van der Waals surface area (Å²) in [7, 11) is 0. The summed E-state index contributed by atoms with van der Waals surface area (Å²) in [6.07, 6.45) is 2.94. The number of thiocarbonyl (C=S) groups is 1. The molecule has 27 heavy (non-hydrogen) atoms. The number of rotatable bonds is 6. The molecule has 0 saturated carbocycles. The summed E-state index contributed by atoms with van der Waals surface area (Å²) in [5.74, 6) is -1.97. The van der Waals surface area contributed by atoms with Gasteiger partial charge in [-0.15, -0.1) is 0 Å². The SMILES string of the molecule is CC(C)C(C(=O)O)N1C(=O)/C(=C\C(Cl)=C\c2ccc([N+](=O)[O-])cc2)SC1=S. The van der Waals surface area contributed by atoms with Crippen LogP contribution in [0.2, 0.25) is 0 Å². The fourth-order valence-corrected chi connectivity index (χ4v) is 4.05. The molecule has 1 fully saturated rings. The lowest BCUT2D eigenvalue weighted by Gasteiger charge is -2.26. The van der Waals surface area contributed by atoms with E-state index >= 15 is 0 Å². The number of halogens is 1. The zero-order valence-electron chi connectivity index (χ0n) is 14.3. The highest BCUT2D eigenvalue weighted by atomic mass is 35.5. The third-order valence-corrected chi connectivity index (χ3v) is 5.21. The van der Waals surface area contributed by atoms with Gasteiger partial charge in [0.15, 0.2) is 0 Å². The maximum atomic E-state index is 12.6. The highest BCUT2D eigenvalue weighted by Crippen LogP contribution is 2.35. The molecule has 1 N–H and O–H groups in total. The summed E-state index contributed by atoms with van der Waals surface area (Å²) in [6, 6.07) is 4.68. The number of allylic oxidation sites excluding steroid dienone is 2. The number of thioether (sulfide) groups is 1. The fraction of sp³-hybridized carbons (Fsp3) is 0.235. The third kappa shape index (κ3) is 4.94. The van der Waals surface area contributed by atoms with Gasteiger partial charge >= 0.3 is 5.97 Å². The van der Waals surface area contributed by atoms with Crippen LogP contribution < -0.4 is 0 Å². The van der Waals surface area contributed by atoms with Crippen molar-refractivity contribution >= 4 is 63.5 Å². The number of aliphatic carboxylic acids is 1. The normalized spacial score (nSPS) is 17.7. The van der Waals surface area contributed by atoms with Crippen molar-refractivity contribution in [2.24, 2.45) is 5.92 Å². The molecule has 0 aliphatic carbocycles. The molecule has 1 unspecified atom stereocenters. The monoisotopic (exact) mass is 426 g/mol. The van der Waals surface area contributed by atoms with Crippen molar-refractivity contribution in [2.45, 2.75) is 19.9 Å². The second-order valence-electron chi connectivity index (χ2n) is 5.96. The van der Waals surface area contributed by atoms with Crippen molar-refractivity contribution in [3.8, 4) is 0 Å². The van der Waals surface area contributed by atoms with Crippen molar-refractivity contribution in [1.82, 2.24) is 4.90 Å². The van der Waals surface area contributed by atoms with E-state index in [4.69, 9.17) is 23.8 Å². The number of amides is 1. The first-order valence-electron chi connectivity index (χ1n) is 7.73. The van der Waals surface area contributed by atoms with Gasteiger partial charge in [-0.3, -0.25) is 19.8 Å². The number of carbonyl (C=O) groups is 2. The maximum absolute atomic E-state index is 12.6. The predicted molar refractivity (Wildman–Crippen MR) is 108 cm³/mol. The summed E-state index contributed by atoms with van der Waals surface area (Å²) in [4.78, 5) is 35.6. The minimum atomic E-state index is -1.13. The molecule has 7 nitrogen and oxygen atoms in total. The molecule has 1 amide bonds. The van der Waals surface area contributed by atoms with Gasteiger partial charge in [0.2, 0.25) is 0 Å². The van der Waals surface area contributed by atoms with Crippen molar-refractivity contribution in [3.63, 3.8) is 0 Å². The van der Waals surface area contributed by atoms with Crippen molar-refractivity contribution < 1.29 is 19.6 Å². The van der Waals surface area contributed by atoms with Gasteiger partial charge in [-0.1, -0.05) is 49.4 Å². The lowest BCUT2D eigenvalue weighted by Crippen LogP contribution is -2.47. The summed E-state index contributed by atoms with van der Waals surface area (Å²) in [5, 5.41) is 20.3. The van der Waals surface area contributed by atoms with Gasteiger partial charge in [-0.05, 0) is 35.8 Å². The van der Waals surface area contributed by atoms with Crippen LogP contribution in [0.15, 0.2) is 40.3 Å². The van der Waals surface area contributed by atoms with Crippen LogP contribution >= 0.6 is 35.6 Å².